The van der Waals surface area contributed by atoms with Gasteiger partial charge < -0.3 is 10.1 Å². The zero-order valence-corrected chi connectivity index (χ0v) is 21.7. The molecular weight excluding hydrogens is 560 g/mol. The molecule has 8 nitrogen and oxygen atoms in total. The van der Waals surface area contributed by atoms with Gasteiger partial charge in [-0.05, 0) is 24.0 Å². The van der Waals surface area contributed by atoms with Crippen LogP contribution in [0.2, 0.25) is 0 Å². The minimum Gasteiger partial charge on any atom is -0.411 e. The van der Waals surface area contributed by atoms with Gasteiger partial charge in [0.1, 0.15) is 11.9 Å². The Morgan fingerprint density at radius 3 is 2.48 bits per heavy atom. The molecule has 4 heterocycles. The molecule has 3 N–H and O–H groups in total. The maximum atomic E-state index is 13.2. The largest absolute Gasteiger partial charge is 0.435 e. The molecule has 0 bridgehead atoms. The van der Waals surface area contributed by atoms with Crippen LogP contribution in [-0.4, -0.2) is 44.2 Å². The predicted molar refractivity (Wildman–Crippen MR) is 135 cm³/mol. The molecule has 5 rings (SSSR count). The maximum absolute atomic E-state index is 13.2. The highest BCUT2D eigenvalue weighted by molar-refractivity contribution is 7.09. The third-order valence-corrected chi connectivity index (χ3v) is 7.96. The van der Waals surface area contributed by atoms with Crippen LogP contribution in [0.25, 0.3) is 6.20 Å². The summed E-state index contributed by atoms with van der Waals surface area (Å²) in [6.45, 7) is 2.18. The first kappa shape index (κ1) is 28.1. The molecule has 2 aliphatic heterocycles. The number of thiazole rings is 1. The summed E-state index contributed by atoms with van der Waals surface area (Å²) in [4.78, 5) is 6.61. The maximum Gasteiger partial charge on any atom is 0.435 e. The van der Waals surface area contributed by atoms with E-state index in [0.29, 0.717) is 39.0 Å². The van der Waals surface area contributed by atoms with E-state index in [1.807, 2.05) is 23.6 Å². The molecule has 3 aromatic rings. The van der Waals surface area contributed by atoms with Crippen molar-refractivity contribution >= 4 is 23.8 Å². The molecule has 0 spiro atoms. The first-order chi connectivity index (χ1) is 19.0. The smallest absolute Gasteiger partial charge is 0.411 e. The first-order valence-electron chi connectivity index (χ1n) is 12.4. The molecule has 1 fully saturated rings. The van der Waals surface area contributed by atoms with Gasteiger partial charge in [0, 0.05) is 61.5 Å². The molecule has 214 valence electrons. The van der Waals surface area contributed by atoms with Crippen LogP contribution < -0.4 is 10.6 Å². The van der Waals surface area contributed by atoms with Gasteiger partial charge in [-0.2, -0.15) is 31.4 Å². The fraction of sp³-hybridized carbons (Fsp3) is 0.400. The van der Waals surface area contributed by atoms with E-state index >= 15 is 0 Å². The zero-order valence-electron chi connectivity index (χ0n) is 20.9. The third-order valence-electron chi connectivity index (χ3n) is 6.94. The number of likely N-dealkylation sites (tertiary alicyclic amines) is 1. The summed E-state index contributed by atoms with van der Waals surface area (Å²) in [6.07, 6.45) is -5.08. The Balaban J connectivity index is 1.20. The second-order valence-electron chi connectivity index (χ2n) is 9.50. The van der Waals surface area contributed by atoms with Gasteiger partial charge in [-0.1, -0.05) is 23.4 Å². The minimum absolute atomic E-state index is 0.00952. The van der Waals surface area contributed by atoms with Crippen LogP contribution in [0, 0.1) is 0 Å². The Kier molecular flexibility index (Phi) is 7.88. The number of oxime groups is 1. The topological polar surface area (TPSA) is 90.6 Å². The molecule has 0 saturated carbocycles. The van der Waals surface area contributed by atoms with Crippen molar-refractivity contribution in [2.24, 2.45) is 5.16 Å². The van der Waals surface area contributed by atoms with Gasteiger partial charge in [0.15, 0.2) is 5.69 Å². The van der Waals surface area contributed by atoms with Crippen molar-refractivity contribution in [2.45, 2.75) is 50.4 Å². The highest BCUT2D eigenvalue weighted by Crippen LogP contribution is 2.36. The number of fused-ring (bicyclic) bond motifs is 1. The second kappa shape index (κ2) is 11.2. The summed E-state index contributed by atoms with van der Waals surface area (Å²) in [5.41, 5.74) is 0.740. The number of rotatable bonds is 5. The molecule has 1 atom stereocenters. The van der Waals surface area contributed by atoms with Crippen LogP contribution >= 0.6 is 11.3 Å². The molecule has 1 saturated heterocycles. The van der Waals surface area contributed by atoms with Crippen LogP contribution in [0.3, 0.4) is 0 Å². The molecule has 2 aliphatic rings. The van der Waals surface area contributed by atoms with Crippen molar-refractivity contribution < 1.29 is 31.5 Å². The Bertz CT molecular complexity index is 1390. The van der Waals surface area contributed by atoms with E-state index < -0.39 is 23.7 Å². The summed E-state index contributed by atoms with van der Waals surface area (Å²) in [7, 11) is 0. The normalized spacial score (nSPS) is 19.4. The monoisotopic (exact) mass is 585 g/mol. The van der Waals surface area contributed by atoms with Gasteiger partial charge in [0.25, 0.3) is 0 Å². The summed E-state index contributed by atoms with van der Waals surface area (Å²) in [6, 6.07) is 5.81. The fourth-order valence-corrected chi connectivity index (χ4v) is 5.86. The minimum atomic E-state index is -4.98. The van der Waals surface area contributed by atoms with Crippen LogP contribution in [0.4, 0.5) is 26.3 Å². The fourth-order valence-electron chi connectivity index (χ4n) is 4.85. The molecule has 40 heavy (non-hydrogen) atoms. The van der Waals surface area contributed by atoms with Crippen molar-refractivity contribution in [2.75, 3.05) is 13.1 Å². The number of piperidine rings is 1. The summed E-state index contributed by atoms with van der Waals surface area (Å²) in [5.74, 6) is 0.158. The van der Waals surface area contributed by atoms with Crippen molar-refractivity contribution in [1.82, 2.24) is 30.3 Å². The lowest BCUT2D eigenvalue weighted by Crippen LogP contribution is -2.31. The highest BCUT2D eigenvalue weighted by atomic mass is 32.1. The van der Waals surface area contributed by atoms with Crippen molar-refractivity contribution in [1.29, 1.82) is 0 Å². The van der Waals surface area contributed by atoms with E-state index in [1.54, 1.807) is 16.2 Å². The molecule has 1 aromatic carbocycles. The van der Waals surface area contributed by atoms with E-state index in [2.05, 4.69) is 20.9 Å². The van der Waals surface area contributed by atoms with Crippen molar-refractivity contribution in [3.8, 4) is 0 Å². The van der Waals surface area contributed by atoms with Crippen molar-refractivity contribution in [3.63, 3.8) is 0 Å². The van der Waals surface area contributed by atoms with E-state index in [0.717, 1.165) is 33.6 Å². The number of nitrogens with zero attached hydrogens (tertiary/aromatic N) is 5. The summed E-state index contributed by atoms with van der Waals surface area (Å²) >= 11 is 1.55. The number of hydrogen-bond donors (Lipinski definition) is 3. The average molecular weight is 586 g/mol. The van der Waals surface area contributed by atoms with Gasteiger partial charge in [-0.25, -0.2) is 9.67 Å². The number of nitrogens with one attached hydrogen (secondary N) is 2. The Morgan fingerprint density at radius 1 is 1.02 bits per heavy atom. The predicted octanol–water partition coefficient (Wildman–Crippen LogP) is 5.38. The van der Waals surface area contributed by atoms with E-state index in [4.69, 9.17) is 10.2 Å². The standard InChI is InChI=1S/C25H25F6N7OS/c26-24(27,28)20-10-21(25(29,30)31)38(36-20)9-8-37-6-4-15(5-7-37)23-35-19(14-40-23)22-32-11-16-2-1-3-17(12-34-39)18(16)13-33-22/h1-3,8-10,12,14-15,22,32-33,39H,4-7,11,13H2. The zero-order chi connectivity index (χ0) is 28.5. The molecule has 0 radical (unpaired) electrons. The Hall–Kier alpha value is -3.43. The lowest BCUT2D eigenvalue weighted by atomic mass is 9.98. The third kappa shape index (κ3) is 6.15. The van der Waals surface area contributed by atoms with Crippen LogP contribution in [0.15, 0.2) is 41.0 Å². The first-order valence-corrected chi connectivity index (χ1v) is 13.3. The molecule has 2 aromatic heterocycles. The number of halogens is 6. The van der Waals surface area contributed by atoms with Gasteiger partial charge in [-0.3, -0.25) is 10.6 Å². The molecule has 15 heteroatoms. The Morgan fingerprint density at radius 2 is 1.77 bits per heavy atom. The number of aromatic nitrogens is 3. The van der Waals surface area contributed by atoms with E-state index in [1.165, 1.54) is 12.4 Å². The molecule has 1 unspecified atom stereocenters. The molecule has 0 amide bonds. The number of hydrogen-bond acceptors (Lipinski definition) is 8. The van der Waals surface area contributed by atoms with Crippen molar-refractivity contribution in [3.05, 3.63) is 74.6 Å². The number of alkyl halides is 6. The quantitative estimate of drug-likeness (QED) is 0.161. The average Bonchev–Trinajstić information content (AvgIpc) is 3.52. The van der Waals surface area contributed by atoms with E-state index in [9.17, 15) is 26.3 Å². The lowest BCUT2D eigenvalue weighted by molar-refractivity contribution is -0.143. The van der Waals surface area contributed by atoms with Crippen LogP contribution in [0.1, 0.15) is 63.7 Å². The van der Waals surface area contributed by atoms with Gasteiger partial charge in [-0.15, -0.1) is 11.3 Å². The molecule has 0 aliphatic carbocycles. The van der Waals surface area contributed by atoms with Gasteiger partial charge in [0.05, 0.1) is 16.9 Å². The highest BCUT2D eigenvalue weighted by Gasteiger charge is 2.41. The Labute approximate surface area is 229 Å². The van der Waals surface area contributed by atoms with Gasteiger partial charge in [0.2, 0.25) is 0 Å². The second-order valence-corrected chi connectivity index (χ2v) is 10.4. The summed E-state index contributed by atoms with van der Waals surface area (Å²) < 4.78 is 78.6. The van der Waals surface area contributed by atoms with Crippen LogP contribution in [0.5, 0.6) is 0 Å². The van der Waals surface area contributed by atoms with E-state index in [-0.39, 0.29) is 22.8 Å². The molecular formula is C25H25F6N7OS. The van der Waals surface area contributed by atoms with Crippen LogP contribution in [-0.2, 0) is 25.4 Å². The summed E-state index contributed by atoms with van der Waals surface area (Å²) in [5, 5.41) is 25.1. The lowest BCUT2D eigenvalue weighted by Gasteiger charge is -2.30. The number of benzene rings is 1. The SMILES string of the molecule is ON=Cc1cccc2c1CNC(c1csc(C3CCN(C=Cn4nc(C(F)(F)F)cc4C(F)(F)F)CC3)n1)NC2. The van der Waals surface area contributed by atoms with Gasteiger partial charge >= 0.3 is 12.4 Å².